The first-order valence-corrected chi connectivity index (χ1v) is 8.56. The van der Waals surface area contributed by atoms with Crippen molar-refractivity contribution in [3.63, 3.8) is 0 Å². The lowest BCUT2D eigenvalue weighted by atomic mass is 10.1. The molecule has 3 N–H and O–H groups in total. The second kappa shape index (κ2) is 7.04. The Morgan fingerprint density at radius 2 is 1.69 bits per heavy atom. The minimum Gasteiger partial charge on any atom is -0.478 e. The lowest BCUT2D eigenvalue weighted by Crippen LogP contribution is -2.00. The summed E-state index contributed by atoms with van der Waals surface area (Å²) in [7, 11) is 1.75. The molecule has 9 heteroatoms. The number of benzene rings is 2. The maximum absolute atomic E-state index is 11.2. The highest BCUT2D eigenvalue weighted by Gasteiger charge is 2.17. The number of hydrogen-bond donors (Lipinski definition) is 3. The van der Waals surface area contributed by atoms with Crippen molar-refractivity contribution in [2.24, 2.45) is 7.05 Å². The zero-order valence-electron chi connectivity index (χ0n) is 15.2. The van der Waals surface area contributed by atoms with Crippen molar-refractivity contribution in [2.75, 3.05) is 5.32 Å². The molecule has 0 saturated carbocycles. The molecule has 0 radical (unpaired) electrons. The summed E-state index contributed by atoms with van der Waals surface area (Å²) < 4.78 is 1.61. The number of carboxylic acid groups (broad SMARTS) is 2. The Kier molecular flexibility index (Phi) is 4.40. The van der Waals surface area contributed by atoms with E-state index in [-0.39, 0.29) is 11.1 Å². The Morgan fingerprint density at radius 3 is 2.38 bits per heavy atom. The molecule has 9 nitrogen and oxygen atoms in total. The molecule has 144 valence electrons. The molecular weight excluding hydrogens is 374 g/mol. The molecule has 0 spiro atoms. The molecule has 0 amide bonds. The second-order valence-corrected chi connectivity index (χ2v) is 6.29. The summed E-state index contributed by atoms with van der Waals surface area (Å²) >= 11 is 0. The first-order chi connectivity index (χ1) is 13.9. The molecule has 2 aromatic carbocycles. The number of fused-ring (bicyclic) bond motifs is 1. The highest BCUT2D eigenvalue weighted by molar-refractivity contribution is 6.00. The molecule has 2 heterocycles. The number of carbonyl (C=O) groups is 2. The van der Waals surface area contributed by atoms with Crippen molar-refractivity contribution in [3.05, 3.63) is 66.0 Å². The smallest absolute Gasteiger partial charge is 0.335 e. The number of anilines is 2. The summed E-state index contributed by atoms with van der Waals surface area (Å²) in [6.07, 6.45) is 1.39. The first kappa shape index (κ1) is 18.1. The van der Waals surface area contributed by atoms with Crippen LogP contribution in [0.3, 0.4) is 0 Å². The Morgan fingerprint density at radius 1 is 0.966 bits per heavy atom. The summed E-state index contributed by atoms with van der Waals surface area (Å²) in [6, 6.07) is 12.7. The van der Waals surface area contributed by atoms with Crippen LogP contribution in [0.15, 0.2) is 54.9 Å². The first-order valence-electron chi connectivity index (χ1n) is 8.56. The topological polar surface area (TPSA) is 130 Å². The predicted octanol–water partition coefficient (Wildman–Crippen LogP) is 3.17. The van der Waals surface area contributed by atoms with E-state index in [4.69, 9.17) is 5.11 Å². The van der Waals surface area contributed by atoms with Crippen molar-refractivity contribution in [1.82, 2.24) is 19.7 Å². The zero-order valence-corrected chi connectivity index (χ0v) is 15.2. The number of aryl methyl sites for hydroxylation is 1. The molecule has 0 atom stereocenters. The number of aromatic nitrogens is 4. The van der Waals surface area contributed by atoms with Gasteiger partial charge in [0.1, 0.15) is 17.8 Å². The van der Waals surface area contributed by atoms with Crippen LogP contribution in [0.2, 0.25) is 0 Å². The van der Waals surface area contributed by atoms with E-state index in [0.717, 1.165) is 0 Å². The van der Waals surface area contributed by atoms with Crippen LogP contribution >= 0.6 is 0 Å². The molecular formula is C20H15N5O4. The van der Waals surface area contributed by atoms with E-state index < -0.39 is 11.9 Å². The van der Waals surface area contributed by atoms with E-state index in [0.29, 0.717) is 33.8 Å². The average Bonchev–Trinajstić information content (AvgIpc) is 3.06. The van der Waals surface area contributed by atoms with Crippen LogP contribution in [-0.2, 0) is 7.05 Å². The fourth-order valence-corrected chi connectivity index (χ4v) is 3.02. The second-order valence-electron chi connectivity index (χ2n) is 6.29. The summed E-state index contributed by atoms with van der Waals surface area (Å²) in [6.45, 7) is 0. The molecule has 0 bridgehead atoms. The van der Waals surface area contributed by atoms with E-state index in [2.05, 4.69) is 20.4 Å². The molecule has 2 aromatic heterocycles. The van der Waals surface area contributed by atoms with Crippen LogP contribution in [0.4, 0.5) is 11.5 Å². The summed E-state index contributed by atoms with van der Waals surface area (Å²) in [5.74, 6) is -1.57. The zero-order chi connectivity index (χ0) is 20.5. The molecule has 0 aliphatic heterocycles. The lowest BCUT2D eigenvalue weighted by molar-refractivity contribution is 0.0686. The van der Waals surface area contributed by atoms with Gasteiger partial charge in [-0.15, -0.1) is 0 Å². The van der Waals surface area contributed by atoms with E-state index in [9.17, 15) is 14.7 Å². The van der Waals surface area contributed by atoms with Crippen molar-refractivity contribution >= 4 is 34.5 Å². The summed E-state index contributed by atoms with van der Waals surface area (Å²) in [4.78, 5) is 30.9. The molecule has 29 heavy (non-hydrogen) atoms. The lowest BCUT2D eigenvalue weighted by Gasteiger charge is -2.08. The van der Waals surface area contributed by atoms with Gasteiger partial charge in [0.05, 0.1) is 16.5 Å². The van der Waals surface area contributed by atoms with Crippen LogP contribution in [0, 0.1) is 0 Å². The van der Waals surface area contributed by atoms with Gasteiger partial charge in [0.2, 0.25) is 0 Å². The van der Waals surface area contributed by atoms with Crippen LogP contribution < -0.4 is 5.32 Å². The predicted molar refractivity (Wildman–Crippen MR) is 105 cm³/mol. The molecule has 4 rings (SSSR count). The number of rotatable bonds is 5. The average molecular weight is 389 g/mol. The highest BCUT2D eigenvalue weighted by Crippen LogP contribution is 2.32. The Bertz CT molecular complexity index is 1250. The number of carboxylic acids is 2. The van der Waals surface area contributed by atoms with E-state index in [1.54, 1.807) is 36.0 Å². The fourth-order valence-electron chi connectivity index (χ4n) is 3.02. The third kappa shape index (κ3) is 3.36. The van der Waals surface area contributed by atoms with Gasteiger partial charge in [-0.1, -0.05) is 18.2 Å². The molecule has 0 aliphatic rings. The number of nitrogens with one attached hydrogen (secondary N) is 1. The van der Waals surface area contributed by atoms with Crippen LogP contribution in [0.1, 0.15) is 20.7 Å². The Labute approximate surface area is 164 Å². The number of aromatic carboxylic acids is 2. The normalized spacial score (nSPS) is 10.8. The number of nitrogens with zero attached hydrogens (tertiary/aromatic N) is 4. The van der Waals surface area contributed by atoms with Gasteiger partial charge >= 0.3 is 11.9 Å². The van der Waals surface area contributed by atoms with Gasteiger partial charge in [-0.2, -0.15) is 5.10 Å². The van der Waals surface area contributed by atoms with Gasteiger partial charge < -0.3 is 15.5 Å². The minimum absolute atomic E-state index is 0.149. The minimum atomic E-state index is -1.03. The Hall–Kier alpha value is -4.27. The maximum atomic E-state index is 11.2. The number of hydrogen-bond acceptors (Lipinski definition) is 6. The van der Waals surface area contributed by atoms with Crippen molar-refractivity contribution in [2.45, 2.75) is 0 Å². The van der Waals surface area contributed by atoms with Crippen LogP contribution in [0.25, 0.3) is 22.3 Å². The van der Waals surface area contributed by atoms with Gasteiger partial charge in [0.25, 0.3) is 0 Å². The summed E-state index contributed by atoms with van der Waals surface area (Å²) in [5, 5.41) is 26.6. The molecule has 0 unspecified atom stereocenters. The maximum Gasteiger partial charge on any atom is 0.335 e. The van der Waals surface area contributed by atoms with Crippen molar-refractivity contribution < 1.29 is 19.8 Å². The van der Waals surface area contributed by atoms with Crippen LogP contribution in [0.5, 0.6) is 0 Å². The quantitative estimate of drug-likeness (QED) is 0.474. The standard InChI is InChI=1S/C20H15N5O4/c1-25-18-15(16(24-25)11-5-7-12(8-6-11)19(26)27)17(21-10-22-18)23-14-4-2-3-13(9-14)20(28)29/h2-10H,1H3,(H,26,27)(H,28,29)(H,21,22,23). The monoisotopic (exact) mass is 389 g/mol. The Balaban J connectivity index is 1.82. The van der Waals surface area contributed by atoms with E-state index >= 15 is 0 Å². The molecule has 0 aliphatic carbocycles. The van der Waals surface area contributed by atoms with Crippen molar-refractivity contribution in [1.29, 1.82) is 0 Å². The molecule has 0 saturated heterocycles. The van der Waals surface area contributed by atoms with Crippen LogP contribution in [-0.4, -0.2) is 41.9 Å². The van der Waals surface area contributed by atoms with Gasteiger partial charge in [0, 0.05) is 18.3 Å². The van der Waals surface area contributed by atoms with E-state index in [1.165, 1.54) is 30.6 Å². The fraction of sp³-hybridized carbons (Fsp3) is 0.0500. The van der Waals surface area contributed by atoms with Gasteiger partial charge in [-0.05, 0) is 30.3 Å². The van der Waals surface area contributed by atoms with Gasteiger partial charge in [0.15, 0.2) is 5.65 Å². The molecule has 4 aromatic rings. The highest BCUT2D eigenvalue weighted by atomic mass is 16.4. The SMILES string of the molecule is Cn1nc(-c2ccc(C(=O)O)cc2)c2c(Nc3cccc(C(=O)O)c3)ncnc21. The van der Waals surface area contributed by atoms with Gasteiger partial charge in [-0.25, -0.2) is 24.2 Å². The van der Waals surface area contributed by atoms with Gasteiger partial charge in [-0.3, -0.25) is 0 Å². The molecule has 0 fully saturated rings. The van der Waals surface area contributed by atoms with Crippen molar-refractivity contribution in [3.8, 4) is 11.3 Å². The van der Waals surface area contributed by atoms with E-state index in [1.807, 2.05) is 0 Å². The third-order valence-corrected chi connectivity index (χ3v) is 4.40. The summed E-state index contributed by atoms with van der Waals surface area (Å²) in [5.41, 5.74) is 2.75. The largest absolute Gasteiger partial charge is 0.478 e. The third-order valence-electron chi connectivity index (χ3n) is 4.40.